The summed E-state index contributed by atoms with van der Waals surface area (Å²) in [6.45, 7) is 1.86. The number of nitrogens with one attached hydrogen (secondary N) is 1. The average molecular weight is 309 g/mol. The average Bonchev–Trinajstić information content (AvgIpc) is 2.31. The molecule has 0 radical (unpaired) electrons. The lowest BCUT2D eigenvalue weighted by Crippen LogP contribution is -2.13. The highest BCUT2D eigenvalue weighted by Gasteiger charge is 2.11. The Labute approximate surface area is 111 Å². The van der Waals surface area contributed by atoms with Crippen LogP contribution in [0.5, 0.6) is 0 Å². The summed E-state index contributed by atoms with van der Waals surface area (Å²) in [6, 6.07) is 6.45. The summed E-state index contributed by atoms with van der Waals surface area (Å²) in [7, 11) is 0. The third-order valence-electron chi connectivity index (χ3n) is 2.42. The van der Waals surface area contributed by atoms with Crippen LogP contribution < -0.4 is 5.56 Å². The van der Waals surface area contributed by atoms with Gasteiger partial charge in [-0.3, -0.25) is 4.79 Å². The van der Waals surface area contributed by atoms with Crippen LogP contribution in [0.1, 0.15) is 16.1 Å². The number of rotatable bonds is 2. The number of H-pyrrole nitrogens is 1. The maximum atomic E-state index is 11.4. The maximum Gasteiger partial charge on any atom is 0.354 e. The molecule has 0 aliphatic rings. The van der Waals surface area contributed by atoms with Gasteiger partial charge in [0, 0.05) is 16.1 Å². The van der Waals surface area contributed by atoms with Gasteiger partial charge in [0.05, 0.1) is 0 Å². The summed E-state index contributed by atoms with van der Waals surface area (Å²) in [4.78, 5) is 28.7. The molecule has 18 heavy (non-hydrogen) atoms. The number of carbonyl (C=O) groups is 1. The number of aryl methyl sites for hydroxylation is 1. The molecule has 0 saturated heterocycles. The molecule has 1 heterocycles. The van der Waals surface area contributed by atoms with E-state index in [1.165, 1.54) is 0 Å². The molecule has 92 valence electrons. The standard InChI is InChI=1S/C12H9BrN2O3/c1-6-2-3-7(13)4-8(6)11-14-9(12(17)18)5-10(16)15-11/h2-5H,1H3,(H,17,18)(H,14,15,16). The zero-order valence-corrected chi connectivity index (χ0v) is 11.0. The first-order valence-electron chi connectivity index (χ1n) is 5.08. The molecule has 2 N–H and O–H groups in total. The van der Waals surface area contributed by atoms with Crippen molar-refractivity contribution < 1.29 is 9.90 Å². The van der Waals surface area contributed by atoms with E-state index < -0.39 is 11.5 Å². The number of hydrogen-bond acceptors (Lipinski definition) is 3. The molecule has 0 bridgehead atoms. The number of aromatic amines is 1. The molecular weight excluding hydrogens is 300 g/mol. The predicted octanol–water partition coefficient (Wildman–Crippen LogP) is 2.21. The van der Waals surface area contributed by atoms with Crippen molar-refractivity contribution >= 4 is 21.9 Å². The number of aromatic carboxylic acids is 1. The minimum Gasteiger partial charge on any atom is -0.477 e. The van der Waals surface area contributed by atoms with Gasteiger partial charge in [0.1, 0.15) is 5.82 Å². The molecule has 0 fully saturated rings. The summed E-state index contributed by atoms with van der Waals surface area (Å²) in [6.07, 6.45) is 0. The summed E-state index contributed by atoms with van der Waals surface area (Å²) in [5, 5.41) is 8.88. The van der Waals surface area contributed by atoms with Gasteiger partial charge in [-0.15, -0.1) is 0 Å². The summed E-state index contributed by atoms with van der Waals surface area (Å²) in [5.41, 5.74) is 0.818. The quantitative estimate of drug-likeness (QED) is 0.891. The number of nitrogens with zero attached hydrogens (tertiary/aromatic N) is 1. The van der Waals surface area contributed by atoms with Crippen LogP contribution in [0.2, 0.25) is 0 Å². The van der Waals surface area contributed by atoms with Crippen molar-refractivity contribution in [2.24, 2.45) is 0 Å². The molecule has 0 aliphatic heterocycles. The van der Waals surface area contributed by atoms with Crippen molar-refractivity contribution in [1.82, 2.24) is 9.97 Å². The third kappa shape index (κ3) is 2.48. The monoisotopic (exact) mass is 308 g/mol. The van der Waals surface area contributed by atoms with E-state index in [1.54, 1.807) is 6.07 Å². The fraction of sp³-hybridized carbons (Fsp3) is 0.0833. The molecule has 2 rings (SSSR count). The van der Waals surface area contributed by atoms with Gasteiger partial charge in [-0.05, 0) is 24.6 Å². The van der Waals surface area contributed by atoms with Crippen LogP contribution in [0.4, 0.5) is 0 Å². The Morgan fingerprint density at radius 1 is 1.39 bits per heavy atom. The van der Waals surface area contributed by atoms with E-state index >= 15 is 0 Å². The molecule has 6 heteroatoms. The molecule has 0 saturated carbocycles. The number of hydrogen-bond donors (Lipinski definition) is 2. The van der Waals surface area contributed by atoms with Gasteiger partial charge in [-0.25, -0.2) is 9.78 Å². The fourth-order valence-corrected chi connectivity index (χ4v) is 1.91. The largest absolute Gasteiger partial charge is 0.477 e. The normalized spacial score (nSPS) is 10.3. The lowest BCUT2D eigenvalue weighted by atomic mass is 10.1. The second kappa shape index (κ2) is 4.73. The minimum absolute atomic E-state index is 0.249. The molecule has 0 aliphatic carbocycles. The van der Waals surface area contributed by atoms with Crippen LogP contribution in [0.3, 0.4) is 0 Å². The topological polar surface area (TPSA) is 83.0 Å². The van der Waals surface area contributed by atoms with Crippen LogP contribution in [0.25, 0.3) is 11.4 Å². The van der Waals surface area contributed by atoms with Gasteiger partial charge in [-0.1, -0.05) is 22.0 Å². The number of carboxylic acid groups (broad SMARTS) is 1. The van der Waals surface area contributed by atoms with E-state index in [9.17, 15) is 9.59 Å². The molecule has 1 aromatic carbocycles. The first-order chi connectivity index (χ1) is 8.47. The lowest BCUT2D eigenvalue weighted by Gasteiger charge is -2.06. The van der Waals surface area contributed by atoms with Crippen molar-refractivity contribution in [3.05, 3.63) is 50.3 Å². The molecular formula is C12H9BrN2O3. The van der Waals surface area contributed by atoms with Crippen molar-refractivity contribution in [2.75, 3.05) is 0 Å². The zero-order chi connectivity index (χ0) is 13.3. The second-order valence-electron chi connectivity index (χ2n) is 3.74. The number of benzene rings is 1. The van der Waals surface area contributed by atoms with Gasteiger partial charge in [0.2, 0.25) is 0 Å². The van der Waals surface area contributed by atoms with E-state index in [0.29, 0.717) is 5.56 Å². The Morgan fingerprint density at radius 2 is 2.11 bits per heavy atom. The van der Waals surface area contributed by atoms with E-state index in [1.807, 2.05) is 19.1 Å². The summed E-state index contributed by atoms with van der Waals surface area (Å²) in [5.74, 6) is -0.978. The Kier molecular flexibility index (Phi) is 3.29. The Hall–Kier alpha value is -1.95. The minimum atomic E-state index is -1.23. The van der Waals surface area contributed by atoms with Gasteiger partial charge < -0.3 is 10.1 Å². The van der Waals surface area contributed by atoms with Crippen molar-refractivity contribution in [3.8, 4) is 11.4 Å². The SMILES string of the molecule is Cc1ccc(Br)cc1-c1nc(C(=O)O)cc(=O)[nH]1. The predicted molar refractivity (Wildman–Crippen MR) is 69.7 cm³/mol. The first-order valence-corrected chi connectivity index (χ1v) is 5.88. The summed E-state index contributed by atoms with van der Waals surface area (Å²) >= 11 is 3.32. The van der Waals surface area contributed by atoms with E-state index in [2.05, 4.69) is 25.9 Å². The molecule has 1 aromatic heterocycles. The third-order valence-corrected chi connectivity index (χ3v) is 2.91. The van der Waals surface area contributed by atoms with Crippen molar-refractivity contribution in [2.45, 2.75) is 6.92 Å². The zero-order valence-electron chi connectivity index (χ0n) is 9.40. The molecule has 0 amide bonds. The van der Waals surface area contributed by atoms with E-state index in [0.717, 1.165) is 16.1 Å². The molecule has 2 aromatic rings. The summed E-state index contributed by atoms with van der Waals surface area (Å²) < 4.78 is 0.825. The molecule has 0 spiro atoms. The number of halogens is 1. The van der Waals surface area contributed by atoms with Gasteiger partial charge in [-0.2, -0.15) is 0 Å². The highest BCUT2D eigenvalue weighted by atomic mass is 79.9. The van der Waals surface area contributed by atoms with E-state index in [-0.39, 0.29) is 11.5 Å². The highest BCUT2D eigenvalue weighted by Crippen LogP contribution is 2.23. The first kappa shape index (κ1) is 12.5. The Morgan fingerprint density at radius 3 is 2.78 bits per heavy atom. The van der Waals surface area contributed by atoms with Crippen LogP contribution in [-0.2, 0) is 0 Å². The number of aromatic nitrogens is 2. The van der Waals surface area contributed by atoms with Gasteiger partial charge in [0.25, 0.3) is 5.56 Å². The van der Waals surface area contributed by atoms with Gasteiger partial charge >= 0.3 is 5.97 Å². The Balaban J connectivity index is 2.67. The van der Waals surface area contributed by atoms with Crippen molar-refractivity contribution in [1.29, 1.82) is 0 Å². The van der Waals surface area contributed by atoms with Crippen LogP contribution >= 0.6 is 15.9 Å². The fourth-order valence-electron chi connectivity index (χ4n) is 1.54. The van der Waals surface area contributed by atoms with E-state index in [4.69, 9.17) is 5.11 Å². The highest BCUT2D eigenvalue weighted by molar-refractivity contribution is 9.10. The lowest BCUT2D eigenvalue weighted by molar-refractivity contribution is 0.0690. The van der Waals surface area contributed by atoms with Crippen LogP contribution in [0.15, 0.2) is 33.5 Å². The van der Waals surface area contributed by atoms with Gasteiger partial charge in [0.15, 0.2) is 5.69 Å². The van der Waals surface area contributed by atoms with Crippen LogP contribution in [0, 0.1) is 6.92 Å². The molecule has 0 unspecified atom stereocenters. The van der Waals surface area contributed by atoms with Crippen molar-refractivity contribution in [3.63, 3.8) is 0 Å². The number of carboxylic acids is 1. The second-order valence-corrected chi connectivity index (χ2v) is 4.66. The van der Waals surface area contributed by atoms with Crippen LogP contribution in [-0.4, -0.2) is 21.0 Å². The maximum absolute atomic E-state index is 11.4. The molecule has 0 atom stereocenters. The Bertz CT molecular complexity index is 679. The smallest absolute Gasteiger partial charge is 0.354 e. The molecule has 5 nitrogen and oxygen atoms in total.